The van der Waals surface area contributed by atoms with Crippen molar-refractivity contribution in [1.82, 2.24) is 0 Å². The van der Waals surface area contributed by atoms with E-state index in [0.29, 0.717) is 6.79 Å². The van der Waals surface area contributed by atoms with Gasteiger partial charge in [-0.3, -0.25) is 0 Å². The first-order valence-corrected chi connectivity index (χ1v) is 8.67. The summed E-state index contributed by atoms with van der Waals surface area (Å²) >= 11 is 2.41. The number of benzene rings is 3. The third-order valence-electron chi connectivity index (χ3n) is 4.08. The van der Waals surface area contributed by atoms with Crippen LogP contribution in [0.15, 0.2) is 60.7 Å². The molecule has 3 aromatic carbocycles. The Labute approximate surface area is 154 Å². The number of halogens is 1. The molecule has 0 amide bonds. The summed E-state index contributed by atoms with van der Waals surface area (Å²) in [6.45, 7) is 0.293. The van der Waals surface area contributed by atoms with Gasteiger partial charge in [0.2, 0.25) is 6.79 Å². The van der Waals surface area contributed by atoms with E-state index in [1.807, 2.05) is 24.3 Å². The number of methoxy groups -OCH3 is 1. The van der Waals surface area contributed by atoms with Gasteiger partial charge in [0.05, 0.1) is 7.11 Å². The van der Waals surface area contributed by atoms with E-state index in [9.17, 15) is 0 Å². The average Bonchev–Trinajstić information content (AvgIpc) is 3.10. The van der Waals surface area contributed by atoms with E-state index in [1.54, 1.807) is 7.11 Å². The van der Waals surface area contributed by atoms with Crippen molar-refractivity contribution >= 4 is 22.6 Å². The van der Waals surface area contributed by atoms with Gasteiger partial charge in [0.15, 0.2) is 11.5 Å². The summed E-state index contributed by atoms with van der Waals surface area (Å²) in [6.07, 6.45) is 0. The highest BCUT2D eigenvalue weighted by atomic mass is 127. The van der Waals surface area contributed by atoms with Gasteiger partial charge in [-0.25, -0.2) is 0 Å². The Kier molecular flexibility index (Phi) is 4.06. The molecule has 0 radical (unpaired) electrons. The van der Waals surface area contributed by atoms with Crippen molar-refractivity contribution in [1.29, 1.82) is 0 Å². The van der Waals surface area contributed by atoms with Gasteiger partial charge in [0, 0.05) is 3.57 Å². The lowest BCUT2D eigenvalue weighted by Gasteiger charge is -2.11. The molecule has 0 unspecified atom stereocenters. The second kappa shape index (κ2) is 6.36. The van der Waals surface area contributed by atoms with Gasteiger partial charge >= 0.3 is 0 Å². The molecule has 0 bridgehead atoms. The van der Waals surface area contributed by atoms with Gasteiger partial charge in [0.1, 0.15) is 5.75 Å². The van der Waals surface area contributed by atoms with Gasteiger partial charge in [-0.1, -0.05) is 36.4 Å². The van der Waals surface area contributed by atoms with Gasteiger partial charge in [0.25, 0.3) is 0 Å². The van der Waals surface area contributed by atoms with E-state index in [4.69, 9.17) is 14.2 Å². The lowest BCUT2D eigenvalue weighted by atomic mass is 9.99. The van der Waals surface area contributed by atoms with Crippen molar-refractivity contribution in [3.63, 3.8) is 0 Å². The standard InChI is InChI=1S/C20H15IO3/c1-22-15-8-5-13(6-9-15)16-3-2-4-17(20(16)21)14-7-10-18-19(11-14)24-12-23-18/h2-11H,12H2,1H3. The van der Waals surface area contributed by atoms with Crippen molar-refractivity contribution in [2.75, 3.05) is 13.9 Å². The monoisotopic (exact) mass is 430 g/mol. The maximum atomic E-state index is 5.50. The van der Waals surface area contributed by atoms with Gasteiger partial charge in [-0.2, -0.15) is 0 Å². The molecule has 1 aliphatic rings. The zero-order chi connectivity index (χ0) is 16.5. The van der Waals surface area contributed by atoms with E-state index in [1.165, 1.54) is 20.3 Å². The second-order valence-electron chi connectivity index (χ2n) is 5.46. The van der Waals surface area contributed by atoms with Crippen LogP contribution >= 0.6 is 22.6 Å². The largest absolute Gasteiger partial charge is 0.497 e. The number of ether oxygens (including phenoxy) is 3. The molecule has 3 aromatic rings. The highest BCUT2D eigenvalue weighted by Gasteiger charge is 2.16. The minimum absolute atomic E-state index is 0.293. The Bertz CT molecular complexity index is 888. The van der Waals surface area contributed by atoms with Crippen LogP contribution in [-0.2, 0) is 0 Å². The third-order valence-corrected chi connectivity index (χ3v) is 5.25. The molecule has 0 saturated heterocycles. The molecule has 0 spiro atoms. The third kappa shape index (κ3) is 2.71. The number of rotatable bonds is 3. The van der Waals surface area contributed by atoms with Gasteiger partial charge in [-0.15, -0.1) is 0 Å². The zero-order valence-corrected chi connectivity index (χ0v) is 15.2. The number of fused-ring (bicyclic) bond motifs is 1. The number of hydrogen-bond donors (Lipinski definition) is 0. The Hall–Kier alpha value is -2.21. The molecule has 24 heavy (non-hydrogen) atoms. The van der Waals surface area contributed by atoms with Crippen LogP contribution in [0.25, 0.3) is 22.3 Å². The van der Waals surface area contributed by atoms with Crippen molar-refractivity contribution in [2.24, 2.45) is 0 Å². The van der Waals surface area contributed by atoms with Crippen LogP contribution in [0.3, 0.4) is 0 Å². The summed E-state index contributed by atoms with van der Waals surface area (Å²) < 4.78 is 17.4. The Balaban J connectivity index is 1.77. The Morgan fingerprint density at radius 2 is 1.50 bits per heavy atom. The first-order valence-electron chi connectivity index (χ1n) is 7.59. The van der Waals surface area contributed by atoms with Crippen LogP contribution in [0.5, 0.6) is 17.2 Å². The highest BCUT2D eigenvalue weighted by molar-refractivity contribution is 14.1. The van der Waals surface area contributed by atoms with Crippen molar-refractivity contribution in [2.45, 2.75) is 0 Å². The van der Waals surface area contributed by atoms with Crippen LogP contribution < -0.4 is 14.2 Å². The molecule has 3 nitrogen and oxygen atoms in total. The summed E-state index contributed by atoms with van der Waals surface area (Å²) in [7, 11) is 1.68. The minimum atomic E-state index is 0.293. The fourth-order valence-electron chi connectivity index (χ4n) is 2.81. The van der Waals surface area contributed by atoms with Crippen molar-refractivity contribution in [3.8, 4) is 39.5 Å². The molecule has 0 fully saturated rings. The molecule has 4 heteroatoms. The topological polar surface area (TPSA) is 27.7 Å². The molecule has 0 N–H and O–H groups in total. The molecule has 120 valence electrons. The number of hydrogen-bond acceptors (Lipinski definition) is 3. The van der Waals surface area contributed by atoms with Crippen LogP contribution in [0.4, 0.5) is 0 Å². The van der Waals surface area contributed by atoms with Crippen molar-refractivity contribution < 1.29 is 14.2 Å². The molecular weight excluding hydrogens is 415 g/mol. The predicted molar refractivity (Wildman–Crippen MR) is 103 cm³/mol. The fourth-order valence-corrected chi connectivity index (χ4v) is 3.79. The fraction of sp³-hybridized carbons (Fsp3) is 0.100. The van der Waals surface area contributed by atoms with Crippen LogP contribution in [0.2, 0.25) is 0 Å². The van der Waals surface area contributed by atoms with E-state index in [2.05, 4.69) is 59.0 Å². The van der Waals surface area contributed by atoms with Gasteiger partial charge < -0.3 is 14.2 Å². The molecule has 0 saturated carbocycles. The van der Waals surface area contributed by atoms with Crippen LogP contribution in [0, 0.1) is 3.57 Å². The molecular formula is C20H15IO3. The second-order valence-corrected chi connectivity index (χ2v) is 6.54. The molecule has 0 aliphatic carbocycles. The van der Waals surface area contributed by atoms with E-state index < -0.39 is 0 Å². The first-order chi connectivity index (χ1) is 11.8. The highest BCUT2D eigenvalue weighted by Crippen LogP contribution is 2.39. The molecule has 4 rings (SSSR count). The molecule has 1 heterocycles. The quantitative estimate of drug-likeness (QED) is 0.524. The summed E-state index contributed by atoms with van der Waals surface area (Å²) in [4.78, 5) is 0. The molecule has 0 atom stereocenters. The van der Waals surface area contributed by atoms with Crippen molar-refractivity contribution in [3.05, 3.63) is 64.2 Å². The lowest BCUT2D eigenvalue weighted by molar-refractivity contribution is 0.174. The predicted octanol–water partition coefficient (Wildman–Crippen LogP) is 5.36. The van der Waals surface area contributed by atoms with E-state index >= 15 is 0 Å². The summed E-state index contributed by atoms with van der Waals surface area (Å²) in [5.41, 5.74) is 4.68. The SMILES string of the molecule is COc1ccc(-c2cccc(-c3ccc4c(c3)OCO4)c2I)cc1. The normalized spacial score (nSPS) is 12.2. The zero-order valence-electron chi connectivity index (χ0n) is 13.1. The molecule has 0 aromatic heterocycles. The Morgan fingerprint density at radius 3 is 2.25 bits per heavy atom. The van der Waals surface area contributed by atoms with Gasteiger partial charge in [-0.05, 0) is 69.1 Å². The maximum Gasteiger partial charge on any atom is 0.231 e. The smallest absolute Gasteiger partial charge is 0.231 e. The molecule has 1 aliphatic heterocycles. The van der Waals surface area contributed by atoms with E-state index in [-0.39, 0.29) is 0 Å². The Morgan fingerprint density at radius 1 is 0.833 bits per heavy atom. The summed E-state index contributed by atoms with van der Waals surface area (Å²) in [6, 6.07) is 20.6. The van der Waals surface area contributed by atoms with Crippen LogP contribution in [-0.4, -0.2) is 13.9 Å². The summed E-state index contributed by atoms with van der Waals surface area (Å²) in [5, 5.41) is 0. The average molecular weight is 430 g/mol. The first kappa shape index (κ1) is 15.3. The summed E-state index contributed by atoms with van der Waals surface area (Å²) in [5.74, 6) is 2.47. The lowest BCUT2D eigenvalue weighted by Crippen LogP contribution is -1.92. The maximum absolute atomic E-state index is 5.50. The minimum Gasteiger partial charge on any atom is -0.497 e. The van der Waals surface area contributed by atoms with Crippen LogP contribution in [0.1, 0.15) is 0 Å². The van der Waals surface area contributed by atoms with E-state index in [0.717, 1.165) is 22.8 Å².